The molecule has 2 N–H and O–H groups in total. The molecule has 0 aliphatic carbocycles. The zero-order valence-electron chi connectivity index (χ0n) is 18.0. The van der Waals surface area contributed by atoms with E-state index in [9.17, 15) is 9.59 Å². The molecule has 0 radical (unpaired) electrons. The number of fused-ring (bicyclic) bond motifs is 4. The average molecular weight is 398 g/mol. The molecule has 2 aromatic rings. The molecular weight excluding hydrogens is 364 g/mol. The fourth-order valence-corrected chi connectivity index (χ4v) is 5.25. The van der Waals surface area contributed by atoms with E-state index in [-0.39, 0.29) is 18.4 Å². The van der Waals surface area contributed by atoms with Crippen LogP contribution in [0.1, 0.15) is 45.4 Å². The second-order valence-electron chi connectivity index (χ2n) is 8.89. The molecule has 2 aliphatic heterocycles. The monoisotopic (exact) mass is 397 g/mol. The zero-order valence-corrected chi connectivity index (χ0v) is 18.0. The summed E-state index contributed by atoms with van der Waals surface area (Å²) in [7, 11) is 0. The fraction of sp³-hybridized carbons (Fsp3) is 0.565. The fourth-order valence-electron chi connectivity index (χ4n) is 5.25. The summed E-state index contributed by atoms with van der Waals surface area (Å²) in [6.45, 7) is 12.6. The van der Waals surface area contributed by atoms with Crippen LogP contribution in [0.2, 0.25) is 0 Å². The number of H-pyrrole nitrogens is 1. The number of nitrogens with one attached hydrogen (secondary N) is 2. The minimum atomic E-state index is -0.526. The van der Waals surface area contributed by atoms with Crippen molar-refractivity contribution < 1.29 is 14.5 Å². The van der Waals surface area contributed by atoms with Crippen LogP contribution in [-0.2, 0) is 21.5 Å². The molecule has 0 unspecified atom stereocenters. The van der Waals surface area contributed by atoms with Gasteiger partial charge in [-0.05, 0) is 39.3 Å². The van der Waals surface area contributed by atoms with Crippen LogP contribution in [0.3, 0.4) is 0 Å². The molecule has 2 aliphatic rings. The summed E-state index contributed by atoms with van der Waals surface area (Å²) in [5, 5.41) is 1.16. The number of hydrogen-bond acceptors (Lipinski definition) is 2. The molecule has 0 saturated carbocycles. The Morgan fingerprint density at radius 2 is 1.90 bits per heavy atom. The Morgan fingerprint density at radius 3 is 2.62 bits per heavy atom. The minimum absolute atomic E-state index is 0.0547. The van der Waals surface area contributed by atoms with E-state index in [1.807, 2.05) is 17.0 Å². The number of aromatic nitrogens is 1. The van der Waals surface area contributed by atoms with Crippen LogP contribution in [-0.4, -0.2) is 65.4 Å². The van der Waals surface area contributed by atoms with Gasteiger partial charge in [-0.1, -0.05) is 18.2 Å². The van der Waals surface area contributed by atoms with Crippen molar-refractivity contribution in [2.24, 2.45) is 0 Å². The normalized spacial score (nSPS) is 21.1. The molecule has 0 spiro atoms. The number of benzene rings is 1. The highest BCUT2D eigenvalue weighted by atomic mass is 16.2. The quantitative estimate of drug-likeness (QED) is 0.772. The summed E-state index contributed by atoms with van der Waals surface area (Å²) in [6.07, 6.45) is 1.52. The second kappa shape index (κ2) is 7.48. The molecule has 29 heavy (non-hydrogen) atoms. The van der Waals surface area contributed by atoms with E-state index in [1.54, 1.807) is 4.90 Å². The number of hydrogen-bond donors (Lipinski definition) is 2. The maximum Gasteiger partial charge on any atom is 0.246 e. The number of amides is 2. The van der Waals surface area contributed by atoms with E-state index in [2.05, 4.69) is 44.8 Å². The van der Waals surface area contributed by atoms with Crippen molar-refractivity contribution in [2.75, 3.05) is 32.7 Å². The Labute approximate surface area is 172 Å². The van der Waals surface area contributed by atoms with Crippen molar-refractivity contribution in [1.82, 2.24) is 14.8 Å². The number of quaternary nitrogens is 1. The molecule has 1 aromatic carbocycles. The Morgan fingerprint density at radius 1 is 1.17 bits per heavy atom. The molecule has 0 bridgehead atoms. The average Bonchev–Trinajstić information content (AvgIpc) is 3.08. The van der Waals surface area contributed by atoms with Gasteiger partial charge >= 0.3 is 0 Å². The zero-order chi connectivity index (χ0) is 20.8. The molecule has 6 heteroatoms. The molecule has 1 aromatic heterocycles. The smallest absolute Gasteiger partial charge is 0.246 e. The van der Waals surface area contributed by atoms with Gasteiger partial charge in [0, 0.05) is 36.0 Å². The first kappa shape index (κ1) is 20.0. The summed E-state index contributed by atoms with van der Waals surface area (Å²) in [5.74, 6) is 0.155. The third-order valence-electron chi connectivity index (χ3n) is 6.89. The molecule has 156 valence electrons. The van der Waals surface area contributed by atoms with Crippen LogP contribution < -0.4 is 4.90 Å². The van der Waals surface area contributed by atoms with Crippen molar-refractivity contribution in [2.45, 2.75) is 52.1 Å². The molecular formula is C23H33N4O2+. The summed E-state index contributed by atoms with van der Waals surface area (Å²) < 4.78 is 0. The first-order valence-electron chi connectivity index (χ1n) is 10.9. The van der Waals surface area contributed by atoms with Crippen LogP contribution >= 0.6 is 0 Å². The molecule has 3 heterocycles. The van der Waals surface area contributed by atoms with Gasteiger partial charge in [-0.15, -0.1) is 0 Å². The third-order valence-corrected chi connectivity index (χ3v) is 6.89. The minimum Gasteiger partial charge on any atom is -0.356 e. The van der Waals surface area contributed by atoms with Crippen molar-refractivity contribution in [3.05, 3.63) is 35.5 Å². The third kappa shape index (κ3) is 3.23. The molecule has 1 fully saturated rings. The highest BCUT2D eigenvalue weighted by Gasteiger charge is 2.51. The van der Waals surface area contributed by atoms with Gasteiger partial charge in [-0.2, -0.15) is 0 Å². The standard InChI is InChI=1S/C23H32N4O2/c1-5-25(6-2)12-9-13-26-15-20(28)27-19(22(26)29)14-17-16-10-7-8-11-18(16)24-21(17)23(27,3)4/h7-8,10-11,19,24H,5-6,9,12-15H2,1-4H3/p+1/t19-/m0/s1. The predicted octanol–water partition coefficient (Wildman–Crippen LogP) is 1.31. The van der Waals surface area contributed by atoms with Crippen molar-refractivity contribution >= 4 is 22.7 Å². The van der Waals surface area contributed by atoms with Gasteiger partial charge in [0.05, 0.1) is 31.7 Å². The van der Waals surface area contributed by atoms with Crippen LogP contribution in [0, 0.1) is 0 Å². The Bertz CT molecular complexity index is 928. The molecule has 2 amide bonds. The highest BCUT2D eigenvalue weighted by Crippen LogP contribution is 2.42. The van der Waals surface area contributed by atoms with Crippen LogP contribution in [0.25, 0.3) is 10.9 Å². The number of para-hydroxylation sites is 1. The van der Waals surface area contributed by atoms with E-state index in [0.29, 0.717) is 13.0 Å². The van der Waals surface area contributed by atoms with Crippen LogP contribution in [0.15, 0.2) is 24.3 Å². The Hall–Kier alpha value is -2.34. The first-order valence-corrected chi connectivity index (χ1v) is 10.9. The van der Waals surface area contributed by atoms with Crippen LogP contribution in [0.5, 0.6) is 0 Å². The summed E-state index contributed by atoms with van der Waals surface area (Å²) in [4.78, 5) is 35.2. The molecule has 1 saturated heterocycles. The molecule has 4 rings (SSSR count). The number of carbonyl (C=O) groups is 2. The van der Waals surface area contributed by atoms with Gasteiger partial charge < -0.3 is 19.7 Å². The lowest BCUT2D eigenvalue weighted by molar-refractivity contribution is -0.896. The second-order valence-corrected chi connectivity index (χ2v) is 8.89. The maximum atomic E-state index is 13.4. The Kier molecular flexibility index (Phi) is 5.15. The predicted molar refractivity (Wildman–Crippen MR) is 114 cm³/mol. The van der Waals surface area contributed by atoms with Gasteiger partial charge in [-0.25, -0.2) is 0 Å². The highest BCUT2D eigenvalue weighted by molar-refractivity contribution is 5.97. The van der Waals surface area contributed by atoms with Gasteiger partial charge in [-0.3, -0.25) is 9.59 Å². The summed E-state index contributed by atoms with van der Waals surface area (Å²) >= 11 is 0. The number of rotatable bonds is 6. The van der Waals surface area contributed by atoms with E-state index < -0.39 is 11.6 Å². The van der Waals surface area contributed by atoms with Crippen LogP contribution in [0.4, 0.5) is 0 Å². The van der Waals surface area contributed by atoms with E-state index >= 15 is 0 Å². The lowest BCUT2D eigenvalue weighted by Gasteiger charge is -2.51. The van der Waals surface area contributed by atoms with Gasteiger partial charge in [0.15, 0.2) is 0 Å². The largest absolute Gasteiger partial charge is 0.356 e. The van der Waals surface area contributed by atoms with E-state index in [0.717, 1.165) is 42.7 Å². The van der Waals surface area contributed by atoms with Crippen molar-refractivity contribution in [3.63, 3.8) is 0 Å². The van der Waals surface area contributed by atoms with Gasteiger partial charge in [0.1, 0.15) is 6.04 Å². The first-order chi connectivity index (χ1) is 13.9. The number of carbonyl (C=O) groups excluding carboxylic acids is 2. The van der Waals surface area contributed by atoms with Crippen molar-refractivity contribution in [3.8, 4) is 0 Å². The maximum absolute atomic E-state index is 13.4. The topological polar surface area (TPSA) is 60.9 Å². The summed E-state index contributed by atoms with van der Waals surface area (Å²) in [5.41, 5.74) is 2.79. The SMILES string of the molecule is CC[NH+](CC)CCCN1CC(=O)N2[C@@H](Cc3c([nH]c4ccccc34)C2(C)C)C1=O. The van der Waals surface area contributed by atoms with E-state index in [1.165, 1.54) is 10.5 Å². The lowest BCUT2D eigenvalue weighted by atomic mass is 9.82. The van der Waals surface area contributed by atoms with Gasteiger partial charge in [0.25, 0.3) is 0 Å². The molecule has 6 nitrogen and oxygen atoms in total. The number of nitrogens with zero attached hydrogens (tertiary/aromatic N) is 2. The van der Waals surface area contributed by atoms with E-state index in [4.69, 9.17) is 0 Å². The Balaban J connectivity index is 1.60. The van der Waals surface area contributed by atoms with Crippen molar-refractivity contribution in [1.29, 1.82) is 0 Å². The molecule has 1 atom stereocenters. The lowest BCUT2D eigenvalue weighted by Crippen LogP contribution is -3.11. The number of aromatic amines is 1. The summed E-state index contributed by atoms with van der Waals surface area (Å²) in [6, 6.07) is 7.81. The number of piperazine rings is 1. The van der Waals surface area contributed by atoms with Gasteiger partial charge in [0.2, 0.25) is 11.8 Å².